The maximum absolute atomic E-state index is 12.9. The van der Waals surface area contributed by atoms with E-state index in [0.717, 1.165) is 49.1 Å². The van der Waals surface area contributed by atoms with Crippen LogP contribution in [0.3, 0.4) is 0 Å². The molecule has 5 atom stereocenters. The average molecular weight is 469 g/mol. The van der Waals surface area contributed by atoms with Crippen molar-refractivity contribution in [3.05, 3.63) is 35.4 Å². The number of amides is 1. The van der Waals surface area contributed by atoms with E-state index in [9.17, 15) is 19.8 Å². The number of piperidine rings is 1. The largest absolute Gasteiger partial charge is 0.504 e. The summed E-state index contributed by atoms with van der Waals surface area (Å²) >= 11 is 0. The normalized spacial score (nSPS) is 35.6. The molecule has 182 valence electrons. The number of phenolic OH excluding ortho intramolecular Hbond substituents is 1. The molecule has 3 fully saturated rings. The molecule has 2 aliphatic heterocycles. The number of ether oxygens (including phenoxy) is 2. The van der Waals surface area contributed by atoms with Crippen LogP contribution in [0.2, 0.25) is 0 Å². The number of hydrogen-bond acceptors (Lipinski definition) is 7. The van der Waals surface area contributed by atoms with Crippen LogP contribution in [-0.2, 0) is 26.2 Å². The predicted molar refractivity (Wildman–Crippen MR) is 123 cm³/mol. The van der Waals surface area contributed by atoms with Gasteiger partial charge in [0.15, 0.2) is 11.5 Å². The molecule has 1 aromatic rings. The van der Waals surface area contributed by atoms with Crippen LogP contribution >= 0.6 is 0 Å². The topological polar surface area (TPSA) is 99.5 Å². The fraction of sp³-hybridized carbons (Fsp3) is 0.615. The lowest BCUT2D eigenvalue weighted by Crippen LogP contribution is -2.78. The molecule has 1 aromatic carbocycles. The number of rotatable bonds is 5. The molecule has 2 saturated carbocycles. The number of aliphatic hydroxyl groups is 1. The number of phenols is 1. The molecule has 1 amide bonds. The van der Waals surface area contributed by atoms with Crippen molar-refractivity contribution in [1.82, 2.24) is 9.80 Å². The van der Waals surface area contributed by atoms with Crippen molar-refractivity contribution in [2.45, 2.75) is 67.7 Å². The molecule has 2 N–H and O–H groups in total. The molecular weight excluding hydrogens is 436 g/mol. The zero-order valence-corrected chi connectivity index (χ0v) is 19.7. The molecule has 2 bridgehead atoms. The highest BCUT2D eigenvalue weighted by Crippen LogP contribution is 2.66. The van der Waals surface area contributed by atoms with Crippen molar-refractivity contribution in [2.75, 3.05) is 27.2 Å². The first-order valence-corrected chi connectivity index (χ1v) is 12.3. The van der Waals surface area contributed by atoms with Gasteiger partial charge in [0.05, 0.1) is 24.2 Å². The number of carbonyl (C=O) groups excluding carboxylic acids is 2. The second-order valence-electron chi connectivity index (χ2n) is 10.7. The minimum Gasteiger partial charge on any atom is -0.504 e. The first kappa shape index (κ1) is 21.9. The highest BCUT2D eigenvalue weighted by atomic mass is 16.5. The van der Waals surface area contributed by atoms with Crippen LogP contribution in [0, 0.1) is 5.92 Å². The van der Waals surface area contributed by atoms with Gasteiger partial charge in [-0.2, -0.15) is 0 Å². The van der Waals surface area contributed by atoms with E-state index in [-0.39, 0.29) is 23.7 Å². The third kappa shape index (κ3) is 2.84. The van der Waals surface area contributed by atoms with Crippen molar-refractivity contribution < 1.29 is 29.3 Å². The Morgan fingerprint density at radius 1 is 1.26 bits per heavy atom. The summed E-state index contributed by atoms with van der Waals surface area (Å²) in [5.41, 5.74) is 0.408. The minimum absolute atomic E-state index is 0.00267. The Kier molecular flexibility index (Phi) is 4.81. The smallest absolute Gasteiger partial charge is 0.330 e. The van der Waals surface area contributed by atoms with Gasteiger partial charge in [-0.1, -0.05) is 6.07 Å². The van der Waals surface area contributed by atoms with E-state index >= 15 is 0 Å². The maximum Gasteiger partial charge on any atom is 0.330 e. The van der Waals surface area contributed by atoms with Crippen molar-refractivity contribution in [3.63, 3.8) is 0 Å². The van der Waals surface area contributed by atoms with Crippen molar-refractivity contribution in [3.8, 4) is 11.5 Å². The molecule has 1 spiro atoms. The highest BCUT2D eigenvalue weighted by molar-refractivity contribution is 5.94. The first-order valence-electron chi connectivity index (χ1n) is 12.3. The van der Waals surface area contributed by atoms with Gasteiger partial charge in [0, 0.05) is 37.3 Å². The molecular formula is C26H32N2O6. The lowest BCUT2D eigenvalue weighted by Gasteiger charge is -2.64. The Morgan fingerprint density at radius 3 is 2.79 bits per heavy atom. The zero-order chi connectivity index (χ0) is 23.8. The van der Waals surface area contributed by atoms with Gasteiger partial charge in [0.2, 0.25) is 5.91 Å². The molecule has 0 unspecified atom stereocenters. The van der Waals surface area contributed by atoms with Gasteiger partial charge in [-0.3, -0.25) is 9.69 Å². The summed E-state index contributed by atoms with van der Waals surface area (Å²) in [6.45, 7) is 1.89. The lowest BCUT2D eigenvalue weighted by molar-refractivity contribution is -0.200. The summed E-state index contributed by atoms with van der Waals surface area (Å²) < 4.78 is 11.1. The second-order valence-corrected chi connectivity index (χ2v) is 10.7. The third-order valence-corrected chi connectivity index (χ3v) is 9.14. The van der Waals surface area contributed by atoms with Gasteiger partial charge in [0.25, 0.3) is 0 Å². The summed E-state index contributed by atoms with van der Waals surface area (Å²) in [5, 5.41) is 23.2. The van der Waals surface area contributed by atoms with Gasteiger partial charge >= 0.3 is 5.97 Å². The molecule has 1 saturated heterocycles. The van der Waals surface area contributed by atoms with Crippen LogP contribution in [0.5, 0.6) is 11.5 Å². The third-order valence-electron chi connectivity index (χ3n) is 9.14. The fourth-order valence-corrected chi connectivity index (χ4v) is 7.34. The highest BCUT2D eigenvalue weighted by Gasteiger charge is 2.73. The van der Waals surface area contributed by atoms with E-state index in [1.807, 2.05) is 6.07 Å². The summed E-state index contributed by atoms with van der Waals surface area (Å²) in [7, 11) is 2.98. The lowest BCUT2D eigenvalue weighted by atomic mass is 9.48. The number of aromatic hydroxyl groups is 1. The van der Waals surface area contributed by atoms with Gasteiger partial charge < -0.3 is 24.6 Å². The van der Waals surface area contributed by atoms with Crippen LogP contribution in [0.4, 0.5) is 0 Å². The number of methoxy groups -OCH3 is 1. The first-order chi connectivity index (χ1) is 16.3. The van der Waals surface area contributed by atoms with E-state index < -0.39 is 23.1 Å². The standard InChI is InChI=1S/C26H32N2O6/c1-27(20(30)7-8-21(31)33-2)17-9-10-26(32)19-13-16-5-6-18(29)23-22(16)25(26,24(17)34-23)11-12-28(19)14-15-3-4-15/h5-8,15,17,19,24,29,32H,3-4,9-14H2,1-2H3/b8-7+/t17-,19-,24+,25+,26-/m1/s1. The molecule has 2 heterocycles. The zero-order valence-electron chi connectivity index (χ0n) is 19.7. The van der Waals surface area contributed by atoms with E-state index in [2.05, 4.69) is 9.64 Å². The molecule has 3 aliphatic carbocycles. The van der Waals surface area contributed by atoms with E-state index in [1.165, 1.54) is 26.0 Å². The molecule has 0 aromatic heterocycles. The Balaban J connectivity index is 1.41. The van der Waals surface area contributed by atoms with Crippen molar-refractivity contribution >= 4 is 11.9 Å². The van der Waals surface area contributed by atoms with Gasteiger partial charge in [-0.05, 0) is 62.6 Å². The van der Waals surface area contributed by atoms with Crippen LogP contribution in [-0.4, -0.2) is 82.9 Å². The summed E-state index contributed by atoms with van der Waals surface area (Å²) in [4.78, 5) is 28.5. The average Bonchev–Trinajstić information content (AvgIpc) is 3.57. The summed E-state index contributed by atoms with van der Waals surface area (Å²) in [5.74, 6) is 0.372. The Bertz CT molecular complexity index is 1080. The number of likely N-dealkylation sites (N-methyl/N-ethyl adjacent to an activating group) is 1. The number of esters is 1. The number of likely N-dealkylation sites (tertiary alicyclic amines) is 1. The molecule has 8 nitrogen and oxygen atoms in total. The Labute approximate surface area is 199 Å². The molecule has 6 rings (SSSR count). The number of hydrogen-bond donors (Lipinski definition) is 2. The molecule has 5 aliphatic rings. The van der Waals surface area contributed by atoms with Crippen LogP contribution in [0.15, 0.2) is 24.3 Å². The number of benzene rings is 1. The minimum atomic E-state index is -0.987. The SMILES string of the molecule is COC(=O)/C=C/C(=O)N(C)[C@@H]1CC[C@@]2(O)[C@H]3Cc4ccc(O)c5c4[C@@]2(CCN3CC2CC2)[C@H]1O5. The quantitative estimate of drug-likeness (QED) is 0.499. The number of carbonyl (C=O) groups is 2. The summed E-state index contributed by atoms with van der Waals surface area (Å²) in [6, 6.07) is 3.36. The molecule has 8 heteroatoms. The Morgan fingerprint density at radius 2 is 2.06 bits per heavy atom. The maximum atomic E-state index is 12.9. The van der Waals surface area contributed by atoms with Crippen LogP contribution in [0.25, 0.3) is 0 Å². The van der Waals surface area contributed by atoms with Gasteiger partial charge in [-0.25, -0.2) is 4.79 Å². The monoisotopic (exact) mass is 468 g/mol. The molecule has 34 heavy (non-hydrogen) atoms. The van der Waals surface area contributed by atoms with Crippen molar-refractivity contribution in [2.24, 2.45) is 5.92 Å². The van der Waals surface area contributed by atoms with E-state index in [1.54, 1.807) is 18.0 Å². The second kappa shape index (κ2) is 7.46. The summed E-state index contributed by atoms with van der Waals surface area (Å²) in [6.07, 6.45) is 6.99. The fourth-order valence-electron chi connectivity index (χ4n) is 7.34. The van der Waals surface area contributed by atoms with E-state index in [0.29, 0.717) is 18.6 Å². The van der Waals surface area contributed by atoms with E-state index in [4.69, 9.17) is 4.74 Å². The van der Waals surface area contributed by atoms with Crippen LogP contribution in [0.1, 0.15) is 43.2 Å². The Hall–Kier alpha value is -2.58. The van der Waals surface area contributed by atoms with Crippen LogP contribution < -0.4 is 4.74 Å². The molecule has 0 radical (unpaired) electrons. The number of nitrogens with zero attached hydrogens (tertiary/aromatic N) is 2. The van der Waals surface area contributed by atoms with Gasteiger partial charge in [-0.15, -0.1) is 0 Å². The predicted octanol–water partition coefficient (Wildman–Crippen LogP) is 1.51. The van der Waals surface area contributed by atoms with Crippen molar-refractivity contribution in [1.29, 1.82) is 0 Å². The van der Waals surface area contributed by atoms with Gasteiger partial charge in [0.1, 0.15) is 6.10 Å².